The first-order chi connectivity index (χ1) is 5.36. The van der Waals surface area contributed by atoms with E-state index in [0.717, 1.165) is 31.1 Å². The van der Waals surface area contributed by atoms with Crippen molar-refractivity contribution >= 4 is 33.4 Å². The lowest BCUT2D eigenvalue weighted by Crippen LogP contribution is -2.16. The third kappa shape index (κ3) is 1.97. The number of fused-ring (bicyclic) bond motifs is 1. The number of aromatic nitrogens is 1. The van der Waals surface area contributed by atoms with Crippen LogP contribution in [0.5, 0.6) is 0 Å². The highest BCUT2D eigenvalue weighted by molar-refractivity contribution is 8.93. The lowest BCUT2D eigenvalue weighted by molar-refractivity contribution is 0.709. The number of nitrogens with two attached hydrogens (primary N) is 1. The van der Waals surface area contributed by atoms with Gasteiger partial charge in [-0.05, 0) is 6.42 Å². The molecule has 0 bridgehead atoms. The van der Waals surface area contributed by atoms with E-state index in [1.54, 1.807) is 11.3 Å². The third-order valence-electron chi connectivity index (χ3n) is 1.86. The summed E-state index contributed by atoms with van der Waals surface area (Å²) in [6.45, 7) is 2.10. The van der Waals surface area contributed by atoms with Gasteiger partial charge in [0.1, 0.15) is 0 Å². The molecule has 0 unspecified atom stereocenters. The lowest BCUT2D eigenvalue weighted by Gasteiger charge is -1.93. The zero-order valence-corrected chi connectivity index (χ0v) is 9.20. The second-order valence-corrected chi connectivity index (χ2v) is 3.79. The van der Waals surface area contributed by atoms with Crippen LogP contribution in [-0.2, 0) is 12.8 Å². The molecule has 0 saturated heterocycles. The summed E-state index contributed by atoms with van der Waals surface area (Å²) in [6.07, 6.45) is 2.12. The van der Waals surface area contributed by atoms with Gasteiger partial charge in [0.2, 0.25) is 0 Å². The zero-order chi connectivity index (χ0) is 7.68. The number of hydrogen-bond donors (Lipinski definition) is 2. The topological polar surface area (TPSA) is 50.9 Å². The number of anilines is 1. The van der Waals surface area contributed by atoms with Crippen LogP contribution in [-0.4, -0.2) is 18.1 Å². The molecule has 0 aliphatic carbocycles. The minimum Gasteiger partial charge on any atom is -0.375 e. The van der Waals surface area contributed by atoms with Gasteiger partial charge in [0, 0.05) is 24.4 Å². The second kappa shape index (κ2) is 4.20. The molecule has 1 aliphatic heterocycles. The van der Waals surface area contributed by atoms with Crippen molar-refractivity contribution in [2.45, 2.75) is 12.8 Å². The lowest BCUT2D eigenvalue weighted by atomic mass is 10.2. The van der Waals surface area contributed by atoms with Gasteiger partial charge < -0.3 is 11.1 Å². The van der Waals surface area contributed by atoms with Gasteiger partial charge in [0.05, 0.1) is 5.69 Å². The quantitative estimate of drug-likeness (QED) is 0.722. The van der Waals surface area contributed by atoms with Crippen LogP contribution in [0.25, 0.3) is 0 Å². The van der Waals surface area contributed by atoms with Gasteiger partial charge in [-0.25, -0.2) is 4.98 Å². The van der Waals surface area contributed by atoms with Gasteiger partial charge in [-0.1, -0.05) is 0 Å². The standard InChI is InChI=1S/C7H11N3S.BrH/c8-7-10-5-1-3-9-4-2-6(5)11-7;/h9H,1-4H2,(H2,8,10);1H. The predicted molar refractivity (Wildman–Crippen MR) is 57.1 cm³/mol. The van der Waals surface area contributed by atoms with Crippen LogP contribution < -0.4 is 11.1 Å². The summed E-state index contributed by atoms with van der Waals surface area (Å²) < 4.78 is 0. The molecule has 0 fully saturated rings. The fraction of sp³-hybridized carbons (Fsp3) is 0.571. The van der Waals surface area contributed by atoms with Crippen LogP contribution in [0.15, 0.2) is 0 Å². The van der Waals surface area contributed by atoms with Crippen molar-refractivity contribution in [3.63, 3.8) is 0 Å². The summed E-state index contributed by atoms with van der Waals surface area (Å²) in [5.41, 5.74) is 6.80. The molecule has 2 heterocycles. The summed E-state index contributed by atoms with van der Waals surface area (Å²) in [7, 11) is 0. The summed E-state index contributed by atoms with van der Waals surface area (Å²) >= 11 is 1.63. The maximum atomic E-state index is 5.60. The number of thiazole rings is 1. The summed E-state index contributed by atoms with van der Waals surface area (Å²) in [5, 5.41) is 4.04. The smallest absolute Gasteiger partial charge is 0.180 e. The monoisotopic (exact) mass is 249 g/mol. The first-order valence-corrected chi connectivity index (χ1v) is 4.62. The summed E-state index contributed by atoms with van der Waals surface area (Å²) in [4.78, 5) is 5.64. The average Bonchev–Trinajstić information content (AvgIpc) is 2.17. The van der Waals surface area contributed by atoms with Gasteiger partial charge >= 0.3 is 0 Å². The zero-order valence-electron chi connectivity index (χ0n) is 6.67. The van der Waals surface area contributed by atoms with Crippen molar-refractivity contribution in [2.24, 2.45) is 0 Å². The molecular formula is C7H12BrN3S. The SMILES string of the molecule is Br.Nc1nc2c(s1)CCNCC2. The maximum absolute atomic E-state index is 5.60. The van der Waals surface area contributed by atoms with Crippen molar-refractivity contribution in [1.29, 1.82) is 0 Å². The molecule has 0 atom stereocenters. The molecular weight excluding hydrogens is 238 g/mol. The van der Waals surface area contributed by atoms with Gasteiger partial charge in [-0.2, -0.15) is 0 Å². The maximum Gasteiger partial charge on any atom is 0.180 e. The Kier molecular flexibility index (Phi) is 3.49. The fourth-order valence-electron chi connectivity index (χ4n) is 1.33. The van der Waals surface area contributed by atoms with Gasteiger partial charge in [0.15, 0.2) is 5.13 Å². The van der Waals surface area contributed by atoms with E-state index in [1.807, 2.05) is 0 Å². The molecule has 5 heteroatoms. The Morgan fingerprint density at radius 1 is 1.33 bits per heavy atom. The molecule has 1 aromatic rings. The highest BCUT2D eigenvalue weighted by Crippen LogP contribution is 2.22. The Labute approximate surface area is 86.1 Å². The highest BCUT2D eigenvalue weighted by Gasteiger charge is 2.11. The fourth-order valence-corrected chi connectivity index (χ4v) is 2.21. The number of halogens is 1. The van der Waals surface area contributed by atoms with Crippen molar-refractivity contribution in [1.82, 2.24) is 10.3 Å². The Morgan fingerprint density at radius 3 is 2.92 bits per heavy atom. The van der Waals surface area contributed by atoms with Crippen molar-refractivity contribution in [2.75, 3.05) is 18.8 Å². The molecule has 1 aliphatic rings. The van der Waals surface area contributed by atoms with Gasteiger partial charge in [-0.3, -0.25) is 0 Å². The number of hydrogen-bond acceptors (Lipinski definition) is 4. The van der Waals surface area contributed by atoms with Crippen LogP contribution in [0.1, 0.15) is 10.6 Å². The van der Waals surface area contributed by atoms with E-state index in [9.17, 15) is 0 Å². The van der Waals surface area contributed by atoms with E-state index in [1.165, 1.54) is 10.6 Å². The molecule has 3 nitrogen and oxygen atoms in total. The Bertz CT molecular complexity index is 238. The van der Waals surface area contributed by atoms with Crippen LogP contribution in [0, 0.1) is 0 Å². The first-order valence-electron chi connectivity index (χ1n) is 3.81. The van der Waals surface area contributed by atoms with E-state index in [0.29, 0.717) is 0 Å². The van der Waals surface area contributed by atoms with Crippen LogP contribution in [0.2, 0.25) is 0 Å². The minimum absolute atomic E-state index is 0. The number of nitrogens with zero attached hydrogens (tertiary/aromatic N) is 1. The molecule has 68 valence electrons. The van der Waals surface area contributed by atoms with E-state index in [4.69, 9.17) is 5.73 Å². The summed E-state index contributed by atoms with van der Waals surface area (Å²) in [5.74, 6) is 0. The molecule has 0 aromatic carbocycles. The molecule has 0 spiro atoms. The average molecular weight is 250 g/mol. The Balaban J connectivity index is 0.000000720. The molecule has 2 rings (SSSR count). The van der Waals surface area contributed by atoms with Crippen molar-refractivity contribution in [3.8, 4) is 0 Å². The molecule has 0 saturated carbocycles. The van der Waals surface area contributed by atoms with Crippen molar-refractivity contribution < 1.29 is 0 Å². The second-order valence-electron chi connectivity index (χ2n) is 2.67. The van der Waals surface area contributed by atoms with Crippen LogP contribution in [0.3, 0.4) is 0 Å². The van der Waals surface area contributed by atoms with Crippen LogP contribution in [0.4, 0.5) is 5.13 Å². The number of nitrogen functional groups attached to an aromatic ring is 1. The molecule has 0 amide bonds. The Morgan fingerprint density at radius 2 is 2.08 bits per heavy atom. The predicted octanol–water partition coefficient (Wildman–Crippen LogP) is 0.991. The number of rotatable bonds is 0. The van der Waals surface area contributed by atoms with E-state index in [-0.39, 0.29) is 17.0 Å². The largest absolute Gasteiger partial charge is 0.375 e. The van der Waals surface area contributed by atoms with E-state index >= 15 is 0 Å². The minimum atomic E-state index is 0. The van der Waals surface area contributed by atoms with E-state index < -0.39 is 0 Å². The van der Waals surface area contributed by atoms with Gasteiger partial charge in [0.25, 0.3) is 0 Å². The number of nitrogens with one attached hydrogen (secondary N) is 1. The highest BCUT2D eigenvalue weighted by atomic mass is 79.9. The molecule has 3 N–H and O–H groups in total. The van der Waals surface area contributed by atoms with E-state index in [2.05, 4.69) is 10.3 Å². The Hall–Kier alpha value is -0.130. The first kappa shape index (κ1) is 9.95. The van der Waals surface area contributed by atoms with Crippen LogP contribution >= 0.6 is 28.3 Å². The molecule has 0 radical (unpaired) electrons. The molecule has 1 aromatic heterocycles. The normalized spacial score (nSPS) is 16.0. The van der Waals surface area contributed by atoms with Gasteiger partial charge in [-0.15, -0.1) is 28.3 Å². The van der Waals surface area contributed by atoms with Crippen molar-refractivity contribution in [3.05, 3.63) is 10.6 Å². The molecule has 12 heavy (non-hydrogen) atoms. The summed E-state index contributed by atoms with van der Waals surface area (Å²) in [6, 6.07) is 0. The third-order valence-corrected chi connectivity index (χ3v) is 2.85.